The van der Waals surface area contributed by atoms with Crippen molar-refractivity contribution in [1.29, 1.82) is 0 Å². The van der Waals surface area contributed by atoms with Crippen LogP contribution in [0.3, 0.4) is 0 Å². The maximum Gasteiger partial charge on any atom is 0.269 e. The summed E-state index contributed by atoms with van der Waals surface area (Å²) in [7, 11) is 1.44. The van der Waals surface area contributed by atoms with Crippen LogP contribution in [-0.2, 0) is 6.54 Å². The van der Waals surface area contributed by atoms with Crippen LogP contribution < -0.4 is 15.8 Å². The number of carbonyl (C=O) groups excluding carboxylic acids is 1. The fourth-order valence-corrected chi connectivity index (χ4v) is 4.54. The number of fused-ring (bicyclic) bond motifs is 2. The third-order valence-corrected chi connectivity index (χ3v) is 5.94. The number of nitro benzene ring substituents is 1. The number of nitrogens with two attached hydrogens (primary N) is 1. The summed E-state index contributed by atoms with van der Waals surface area (Å²) in [5, 5.41) is 13.9. The molecule has 30 heavy (non-hydrogen) atoms. The summed E-state index contributed by atoms with van der Waals surface area (Å²) >= 11 is 0. The first kappa shape index (κ1) is 20.0. The van der Waals surface area contributed by atoms with E-state index in [9.17, 15) is 14.9 Å². The number of methoxy groups -OCH3 is 1. The fourth-order valence-electron chi connectivity index (χ4n) is 4.54. The van der Waals surface area contributed by atoms with E-state index in [2.05, 4.69) is 20.2 Å². The highest BCUT2D eigenvalue weighted by Gasteiger charge is 2.41. The quantitative estimate of drug-likeness (QED) is 0.542. The molecule has 2 unspecified atom stereocenters. The second kappa shape index (κ2) is 8.23. The summed E-state index contributed by atoms with van der Waals surface area (Å²) in [5.74, 6) is -0.0420. The topological polar surface area (TPSA) is 137 Å². The van der Waals surface area contributed by atoms with E-state index in [0.717, 1.165) is 37.8 Å². The molecule has 0 saturated carbocycles. The van der Waals surface area contributed by atoms with E-state index in [1.54, 1.807) is 12.1 Å². The Morgan fingerprint density at radius 2 is 1.97 bits per heavy atom. The molecule has 0 spiro atoms. The van der Waals surface area contributed by atoms with E-state index in [1.807, 2.05) is 12.1 Å². The Bertz CT molecular complexity index is 937. The van der Waals surface area contributed by atoms with Crippen molar-refractivity contribution in [3.63, 3.8) is 0 Å². The van der Waals surface area contributed by atoms with Crippen molar-refractivity contribution in [2.75, 3.05) is 12.8 Å². The molecule has 2 aliphatic heterocycles. The number of hydrogen-bond acceptors (Lipinski definition) is 8. The second-order valence-corrected chi connectivity index (χ2v) is 7.77. The predicted molar refractivity (Wildman–Crippen MR) is 109 cm³/mol. The van der Waals surface area contributed by atoms with Gasteiger partial charge in [0.05, 0.1) is 12.0 Å². The van der Waals surface area contributed by atoms with E-state index >= 15 is 0 Å². The molecule has 2 aromatic rings. The minimum Gasteiger partial charge on any atom is -0.480 e. The summed E-state index contributed by atoms with van der Waals surface area (Å²) in [6.45, 7) is 0.758. The maximum atomic E-state index is 12.7. The van der Waals surface area contributed by atoms with Gasteiger partial charge in [-0.1, -0.05) is 12.1 Å². The molecular formula is C20H24N6O4. The van der Waals surface area contributed by atoms with Gasteiger partial charge in [-0.15, -0.1) is 0 Å². The number of hydrogen-bond donors (Lipinski definition) is 2. The van der Waals surface area contributed by atoms with Crippen molar-refractivity contribution < 1.29 is 14.5 Å². The number of nitro groups is 1. The monoisotopic (exact) mass is 412 g/mol. The van der Waals surface area contributed by atoms with Crippen molar-refractivity contribution in [2.24, 2.45) is 0 Å². The van der Waals surface area contributed by atoms with Crippen LogP contribution in [0.25, 0.3) is 0 Å². The van der Waals surface area contributed by atoms with Crippen LogP contribution in [0.4, 0.5) is 11.6 Å². The van der Waals surface area contributed by atoms with Crippen LogP contribution in [0.5, 0.6) is 5.88 Å². The van der Waals surface area contributed by atoms with Gasteiger partial charge in [0.1, 0.15) is 5.56 Å². The highest BCUT2D eigenvalue weighted by atomic mass is 16.6. The smallest absolute Gasteiger partial charge is 0.269 e. The van der Waals surface area contributed by atoms with Gasteiger partial charge in [0.2, 0.25) is 11.8 Å². The molecule has 1 aromatic heterocycles. The van der Waals surface area contributed by atoms with Crippen molar-refractivity contribution in [1.82, 2.24) is 20.2 Å². The number of nitrogens with zero attached hydrogens (tertiary/aromatic N) is 4. The number of nitrogen functional groups attached to an aromatic ring is 1. The third kappa shape index (κ3) is 4.04. The van der Waals surface area contributed by atoms with Gasteiger partial charge >= 0.3 is 0 Å². The Labute approximate surface area is 173 Å². The number of non-ortho nitro benzene ring substituents is 1. The number of benzene rings is 1. The molecule has 2 aliphatic rings. The van der Waals surface area contributed by atoms with E-state index in [1.165, 1.54) is 13.3 Å². The van der Waals surface area contributed by atoms with Crippen LogP contribution in [0.15, 0.2) is 30.5 Å². The molecule has 0 radical (unpaired) electrons. The molecule has 10 heteroatoms. The fraction of sp³-hybridized carbons (Fsp3) is 0.450. The van der Waals surface area contributed by atoms with Gasteiger partial charge < -0.3 is 15.8 Å². The summed E-state index contributed by atoms with van der Waals surface area (Å²) in [6, 6.07) is 7.53. The molecule has 0 aliphatic carbocycles. The third-order valence-electron chi connectivity index (χ3n) is 5.94. The van der Waals surface area contributed by atoms with E-state index < -0.39 is 0 Å². The Balaban J connectivity index is 1.39. The average molecular weight is 412 g/mol. The number of ether oxygens (including phenoxy) is 1. The number of rotatable bonds is 6. The number of anilines is 1. The molecule has 2 fully saturated rings. The van der Waals surface area contributed by atoms with Gasteiger partial charge in [-0.25, -0.2) is 4.98 Å². The molecule has 10 nitrogen and oxygen atoms in total. The number of piperidine rings is 1. The largest absolute Gasteiger partial charge is 0.480 e. The average Bonchev–Trinajstić information content (AvgIpc) is 2.95. The molecule has 2 bridgehead atoms. The highest BCUT2D eigenvalue weighted by Crippen LogP contribution is 2.37. The number of nitrogens with one attached hydrogen (secondary N) is 1. The Hall–Kier alpha value is -3.27. The normalized spacial score (nSPS) is 23.2. The standard InChI is InChI=1S/C20H24N6O4/c1-30-19-17(10-22-20(21)24-19)18(27)23-13-8-15-6-7-16(9-13)25(15)11-12-2-4-14(5-3-12)26(28)29/h2-5,10,13,15-16H,6-9,11H2,1H3,(H,23,27)(H2,21,22,24). The van der Waals surface area contributed by atoms with Crippen molar-refractivity contribution >= 4 is 17.5 Å². The SMILES string of the molecule is COc1nc(N)ncc1C(=O)NC1CC2CCC(C1)N2Cc1ccc([N+](=O)[O-])cc1. The molecule has 3 heterocycles. The first-order valence-electron chi connectivity index (χ1n) is 9.91. The zero-order valence-electron chi connectivity index (χ0n) is 16.7. The summed E-state index contributed by atoms with van der Waals surface area (Å²) < 4.78 is 5.16. The maximum absolute atomic E-state index is 12.7. The molecule has 2 atom stereocenters. The lowest BCUT2D eigenvalue weighted by Gasteiger charge is -2.39. The first-order valence-corrected chi connectivity index (χ1v) is 9.91. The van der Waals surface area contributed by atoms with Crippen LogP contribution in [0, 0.1) is 10.1 Å². The van der Waals surface area contributed by atoms with Gasteiger partial charge in [0.15, 0.2) is 0 Å². The van der Waals surface area contributed by atoms with Crippen LogP contribution >= 0.6 is 0 Å². The van der Waals surface area contributed by atoms with Crippen molar-refractivity contribution in [2.45, 2.75) is 50.4 Å². The lowest BCUT2D eigenvalue weighted by molar-refractivity contribution is -0.384. The molecule has 4 rings (SSSR count). The Morgan fingerprint density at radius 3 is 2.57 bits per heavy atom. The van der Waals surface area contributed by atoms with Gasteiger partial charge in [-0.2, -0.15) is 4.98 Å². The van der Waals surface area contributed by atoms with E-state index in [-0.39, 0.29) is 40.0 Å². The molecule has 1 amide bonds. The second-order valence-electron chi connectivity index (χ2n) is 7.77. The lowest BCUT2D eigenvalue weighted by atomic mass is 9.96. The molecule has 3 N–H and O–H groups in total. The van der Waals surface area contributed by atoms with Crippen molar-refractivity contribution in [3.8, 4) is 5.88 Å². The zero-order valence-corrected chi connectivity index (χ0v) is 16.7. The van der Waals surface area contributed by atoms with Crippen molar-refractivity contribution in [3.05, 3.63) is 51.7 Å². The predicted octanol–water partition coefficient (Wildman–Crippen LogP) is 1.90. The van der Waals surface area contributed by atoms with Crippen LogP contribution in [-0.4, -0.2) is 50.9 Å². The molecule has 2 saturated heterocycles. The molecular weight excluding hydrogens is 388 g/mol. The summed E-state index contributed by atoms with van der Waals surface area (Å²) in [5.41, 5.74) is 6.99. The van der Waals surface area contributed by atoms with Gasteiger partial charge in [-0.3, -0.25) is 19.8 Å². The molecule has 1 aromatic carbocycles. The van der Waals surface area contributed by atoms with Crippen LogP contribution in [0.1, 0.15) is 41.6 Å². The van der Waals surface area contributed by atoms with Crippen LogP contribution in [0.2, 0.25) is 0 Å². The molecule has 158 valence electrons. The van der Waals surface area contributed by atoms with Gasteiger partial charge in [-0.05, 0) is 31.2 Å². The number of carbonyl (C=O) groups is 1. The Morgan fingerprint density at radius 1 is 1.30 bits per heavy atom. The zero-order chi connectivity index (χ0) is 21.3. The minimum atomic E-state index is -0.386. The van der Waals surface area contributed by atoms with Gasteiger partial charge in [0.25, 0.3) is 11.6 Å². The van der Waals surface area contributed by atoms with Gasteiger partial charge in [0, 0.05) is 43.0 Å². The Kier molecular flexibility index (Phi) is 5.49. The summed E-state index contributed by atoms with van der Waals surface area (Å²) in [6.07, 6.45) is 5.26. The number of aromatic nitrogens is 2. The number of amides is 1. The van der Waals surface area contributed by atoms with E-state index in [0.29, 0.717) is 12.1 Å². The highest BCUT2D eigenvalue weighted by molar-refractivity contribution is 5.96. The van der Waals surface area contributed by atoms with E-state index in [4.69, 9.17) is 10.5 Å². The first-order chi connectivity index (χ1) is 14.4. The minimum absolute atomic E-state index is 0.0565. The lowest BCUT2D eigenvalue weighted by Crippen LogP contribution is -2.50. The summed E-state index contributed by atoms with van der Waals surface area (Å²) in [4.78, 5) is 33.5.